The summed E-state index contributed by atoms with van der Waals surface area (Å²) in [6.45, 7) is 9.46. The van der Waals surface area contributed by atoms with Crippen LogP contribution in [0.2, 0.25) is 0 Å². The normalized spacial score (nSPS) is 19.7. The molecule has 5 nitrogen and oxygen atoms in total. The van der Waals surface area contributed by atoms with Gasteiger partial charge in [0.15, 0.2) is 0 Å². The van der Waals surface area contributed by atoms with E-state index in [0.717, 1.165) is 11.2 Å². The fourth-order valence-corrected chi connectivity index (χ4v) is 1.63. The molecule has 0 bridgehead atoms. The van der Waals surface area contributed by atoms with Crippen molar-refractivity contribution in [2.75, 3.05) is 5.73 Å². The number of hydrogen-bond donors (Lipinski definition) is 3. The zero-order valence-corrected chi connectivity index (χ0v) is 12.8. The topological polar surface area (TPSA) is 84.9 Å². The minimum absolute atomic E-state index is 0. The molecule has 1 aliphatic heterocycles. The van der Waals surface area contributed by atoms with Gasteiger partial charge in [0.1, 0.15) is 6.29 Å². The van der Waals surface area contributed by atoms with Crippen LogP contribution in [0.3, 0.4) is 0 Å². The van der Waals surface area contributed by atoms with Crippen LogP contribution in [0.4, 0.5) is 5.69 Å². The molecule has 4 N–H and O–H groups in total. The third-order valence-corrected chi connectivity index (χ3v) is 3.46. The Morgan fingerprint density at radius 1 is 1.05 bits per heavy atom. The van der Waals surface area contributed by atoms with E-state index in [-0.39, 0.29) is 19.7 Å². The monoisotopic (exact) mass is 283 g/mol. The summed E-state index contributed by atoms with van der Waals surface area (Å²) in [6.07, 6.45) is -1.17. The molecule has 1 fully saturated rings. The highest BCUT2D eigenvalue weighted by atomic mass is 16.7. The third kappa shape index (κ3) is 4.21. The van der Waals surface area contributed by atoms with Crippen LogP contribution in [0.15, 0.2) is 24.3 Å². The first-order valence-corrected chi connectivity index (χ1v) is 6.62. The van der Waals surface area contributed by atoms with E-state index < -0.39 is 6.29 Å². The fourth-order valence-electron chi connectivity index (χ4n) is 1.63. The first-order chi connectivity index (χ1) is 9.05. The summed E-state index contributed by atoms with van der Waals surface area (Å²) in [6, 6.07) is 7.61. The van der Waals surface area contributed by atoms with Crippen LogP contribution in [0.1, 0.15) is 36.0 Å². The Hall–Kier alpha value is -1.08. The van der Waals surface area contributed by atoms with Gasteiger partial charge in [-0.1, -0.05) is 12.1 Å². The van der Waals surface area contributed by atoms with Crippen molar-refractivity contribution in [2.45, 2.75) is 52.1 Å². The minimum Gasteiger partial charge on any atom is -0.399 e. The Kier molecular flexibility index (Phi) is 5.21. The highest BCUT2D eigenvalue weighted by Gasteiger charge is 2.51. The van der Waals surface area contributed by atoms with E-state index in [1.165, 1.54) is 6.92 Å². The molecule has 114 valence electrons. The van der Waals surface area contributed by atoms with Gasteiger partial charge in [0.05, 0.1) is 11.2 Å². The van der Waals surface area contributed by atoms with E-state index in [4.69, 9.17) is 25.3 Å². The van der Waals surface area contributed by atoms with Crippen molar-refractivity contribution in [3.8, 4) is 0 Å². The van der Waals surface area contributed by atoms with Crippen molar-refractivity contribution in [1.29, 1.82) is 0 Å². The predicted octanol–water partition coefficient (Wildman–Crippen LogP) is 1.13. The summed E-state index contributed by atoms with van der Waals surface area (Å²) in [5.74, 6) is 0. The Morgan fingerprint density at radius 2 is 1.40 bits per heavy atom. The number of nitrogen functional groups attached to an aromatic ring is 1. The van der Waals surface area contributed by atoms with E-state index in [2.05, 4.69) is 0 Å². The van der Waals surface area contributed by atoms with Gasteiger partial charge in [0.2, 0.25) is 0 Å². The van der Waals surface area contributed by atoms with Crippen LogP contribution in [0.25, 0.3) is 0 Å². The molecule has 6 heteroatoms. The molecule has 1 saturated heterocycles. The molecule has 1 heterocycles. The summed E-state index contributed by atoms with van der Waals surface area (Å²) in [5.41, 5.74) is 6.82. The van der Waals surface area contributed by atoms with Crippen LogP contribution in [-0.4, -0.2) is 34.8 Å². The van der Waals surface area contributed by atoms with Gasteiger partial charge >= 0.3 is 7.12 Å². The lowest BCUT2D eigenvalue weighted by atomic mass is 9.79. The molecule has 0 atom stereocenters. The Labute approximate surface area is 122 Å². The summed E-state index contributed by atoms with van der Waals surface area (Å²) in [4.78, 5) is 0. The number of nitrogens with two attached hydrogens (primary N) is 1. The Bertz CT molecular complexity index is 418. The number of aliphatic hydroxyl groups is 2. The largest absolute Gasteiger partial charge is 0.494 e. The smallest absolute Gasteiger partial charge is 0.399 e. The SMILES string of the molecule is CC(O)O.CC1(C)OB(c2ccc(N)cc2)OC1(C)C.[HH]. The highest BCUT2D eigenvalue weighted by Crippen LogP contribution is 2.36. The van der Waals surface area contributed by atoms with Crippen LogP contribution < -0.4 is 11.2 Å². The van der Waals surface area contributed by atoms with Crippen molar-refractivity contribution in [1.82, 2.24) is 0 Å². The predicted molar refractivity (Wildman–Crippen MR) is 82.6 cm³/mol. The second-order valence-electron chi connectivity index (χ2n) is 5.89. The molecule has 0 radical (unpaired) electrons. The van der Waals surface area contributed by atoms with Crippen LogP contribution in [-0.2, 0) is 9.31 Å². The summed E-state index contributed by atoms with van der Waals surface area (Å²) in [5, 5.41) is 15.2. The second-order valence-corrected chi connectivity index (χ2v) is 5.89. The Balaban J connectivity index is 0.000000715. The van der Waals surface area contributed by atoms with Crippen molar-refractivity contribution in [3.63, 3.8) is 0 Å². The molecule has 0 unspecified atom stereocenters. The molecule has 1 aromatic carbocycles. The third-order valence-electron chi connectivity index (χ3n) is 3.46. The van der Waals surface area contributed by atoms with E-state index in [9.17, 15) is 0 Å². The minimum atomic E-state index is -1.17. The Morgan fingerprint density at radius 3 is 1.75 bits per heavy atom. The maximum Gasteiger partial charge on any atom is 0.494 e. The lowest BCUT2D eigenvalue weighted by molar-refractivity contribution is -0.0228. The lowest BCUT2D eigenvalue weighted by Crippen LogP contribution is -2.41. The number of anilines is 1. The molecule has 0 amide bonds. The molecule has 0 saturated carbocycles. The quantitative estimate of drug-likeness (QED) is 0.409. The highest BCUT2D eigenvalue weighted by molar-refractivity contribution is 6.62. The van der Waals surface area contributed by atoms with E-state index >= 15 is 0 Å². The van der Waals surface area contributed by atoms with Gasteiger partial charge in [0, 0.05) is 7.11 Å². The van der Waals surface area contributed by atoms with Crippen molar-refractivity contribution in [3.05, 3.63) is 24.3 Å². The molecule has 1 aliphatic rings. The average Bonchev–Trinajstić information content (AvgIpc) is 2.48. The van der Waals surface area contributed by atoms with Crippen molar-refractivity contribution in [2.24, 2.45) is 0 Å². The molecule has 0 spiro atoms. The van der Waals surface area contributed by atoms with E-state index in [1.807, 2.05) is 52.0 Å². The number of rotatable bonds is 1. The first-order valence-electron chi connectivity index (χ1n) is 6.62. The molecular formula is C14H26BNO4. The second kappa shape index (κ2) is 6.14. The molecule has 2 rings (SSSR count). The van der Waals surface area contributed by atoms with Gasteiger partial charge in [-0.3, -0.25) is 0 Å². The summed E-state index contributed by atoms with van der Waals surface area (Å²) in [7, 11) is -0.300. The number of benzene rings is 1. The standard InChI is InChI=1S/C12H18BNO2.C2H6O2.H2/c1-11(2)12(3,4)16-13(15-11)9-5-7-10(14)8-6-9;1-2(3)4;/h5-8H,14H2,1-4H3;2-4H,1H3;1H. The van der Waals surface area contributed by atoms with Crippen molar-refractivity contribution < 1.29 is 20.9 Å². The zero-order chi connectivity index (χ0) is 15.6. The van der Waals surface area contributed by atoms with Gasteiger partial charge in [-0.15, -0.1) is 0 Å². The molecule has 1 aromatic rings. The molecular weight excluding hydrogens is 257 g/mol. The zero-order valence-electron chi connectivity index (χ0n) is 12.8. The van der Waals surface area contributed by atoms with Gasteiger partial charge in [-0.05, 0) is 52.2 Å². The van der Waals surface area contributed by atoms with E-state index in [1.54, 1.807) is 0 Å². The lowest BCUT2D eigenvalue weighted by Gasteiger charge is -2.32. The maximum absolute atomic E-state index is 7.61. The molecule has 20 heavy (non-hydrogen) atoms. The van der Waals surface area contributed by atoms with Crippen LogP contribution in [0.5, 0.6) is 0 Å². The number of aliphatic hydroxyl groups excluding tert-OH is 1. The fraction of sp³-hybridized carbons (Fsp3) is 0.571. The van der Waals surface area contributed by atoms with Gasteiger partial charge in [-0.2, -0.15) is 0 Å². The summed E-state index contributed by atoms with van der Waals surface area (Å²) >= 11 is 0. The van der Waals surface area contributed by atoms with Gasteiger partial charge in [-0.25, -0.2) is 0 Å². The van der Waals surface area contributed by atoms with Gasteiger partial charge < -0.3 is 25.3 Å². The van der Waals surface area contributed by atoms with Crippen LogP contribution in [0, 0.1) is 0 Å². The summed E-state index contributed by atoms with van der Waals surface area (Å²) < 4.78 is 11.9. The maximum atomic E-state index is 7.61. The molecule has 0 aromatic heterocycles. The average molecular weight is 283 g/mol. The van der Waals surface area contributed by atoms with E-state index in [0.29, 0.717) is 0 Å². The molecule has 0 aliphatic carbocycles. The van der Waals surface area contributed by atoms with Crippen LogP contribution >= 0.6 is 0 Å². The van der Waals surface area contributed by atoms with Gasteiger partial charge in [0.25, 0.3) is 0 Å². The first kappa shape index (κ1) is 17.0. The van der Waals surface area contributed by atoms with Crippen molar-refractivity contribution >= 4 is 18.3 Å². The number of hydrogen-bond acceptors (Lipinski definition) is 5.